The molecule has 0 spiro atoms. The first-order valence-corrected chi connectivity index (χ1v) is 10.8. The number of aryl methyl sites for hydroxylation is 1. The number of para-hydroxylation sites is 1. The van der Waals surface area contributed by atoms with Gasteiger partial charge in [0.05, 0.1) is 12.1 Å². The first kappa shape index (κ1) is 24.0. The van der Waals surface area contributed by atoms with E-state index in [4.69, 9.17) is 21.1 Å². The smallest absolute Gasteiger partial charge is 0.180 e. The number of halogens is 2. The SMILES string of the molecule is COc1cc(CNCCc2c[nH]c3ccccc23)cc(Cl)c1OCc1ccc(C)cc1.Cl. The van der Waals surface area contributed by atoms with E-state index < -0.39 is 0 Å². The number of rotatable bonds is 9. The molecule has 6 heteroatoms. The minimum absolute atomic E-state index is 0. The molecule has 0 saturated heterocycles. The number of ether oxygens (including phenoxy) is 2. The predicted octanol–water partition coefficient (Wildman–Crippen LogP) is 6.47. The van der Waals surface area contributed by atoms with Crippen molar-refractivity contribution in [2.45, 2.75) is 26.5 Å². The van der Waals surface area contributed by atoms with Gasteiger partial charge in [-0.25, -0.2) is 0 Å². The molecule has 0 radical (unpaired) electrons. The van der Waals surface area contributed by atoms with E-state index in [9.17, 15) is 0 Å². The molecule has 4 aromatic rings. The fourth-order valence-electron chi connectivity index (χ4n) is 3.65. The van der Waals surface area contributed by atoms with Crippen LogP contribution >= 0.6 is 24.0 Å². The molecule has 1 heterocycles. The molecule has 3 aromatic carbocycles. The van der Waals surface area contributed by atoms with Crippen molar-refractivity contribution < 1.29 is 9.47 Å². The molecular formula is C26H28Cl2N2O2. The number of aromatic nitrogens is 1. The Kier molecular flexibility index (Phi) is 8.46. The molecule has 0 saturated carbocycles. The first-order valence-electron chi connectivity index (χ1n) is 10.4. The van der Waals surface area contributed by atoms with Gasteiger partial charge in [-0.1, -0.05) is 59.6 Å². The van der Waals surface area contributed by atoms with Gasteiger partial charge < -0.3 is 19.8 Å². The standard InChI is InChI=1S/C26H27ClN2O2.ClH/c1-18-7-9-19(10-8-18)17-31-26-23(27)13-20(14-25(26)30-2)15-28-12-11-21-16-29-24-6-4-3-5-22(21)24;/h3-10,13-14,16,28-29H,11-12,15,17H2,1-2H3;1H. The van der Waals surface area contributed by atoms with E-state index in [0.29, 0.717) is 29.7 Å². The van der Waals surface area contributed by atoms with Crippen LogP contribution in [0.25, 0.3) is 10.9 Å². The van der Waals surface area contributed by atoms with Crippen LogP contribution in [0, 0.1) is 6.92 Å². The summed E-state index contributed by atoms with van der Waals surface area (Å²) in [5.41, 5.74) is 5.87. The molecule has 0 atom stereocenters. The van der Waals surface area contributed by atoms with Crippen molar-refractivity contribution in [1.82, 2.24) is 10.3 Å². The topological polar surface area (TPSA) is 46.3 Å². The predicted molar refractivity (Wildman–Crippen MR) is 134 cm³/mol. The monoisotopic (exact) mass is 470 g/mol. The first-order chi connectivity index (χ1) is 15.1. The third-order valence-corrected chi connectivity index (χ3v) is 5.65. The van der Waals surface area contributed by atoms with Crippen LogP contribution in [0.5, 0.6) is 11.5 Å². The van der Waals surface area contributed by atoms with E-state index in [1.54, 1.807) is 7.11 Å². The summed E-state index contributed by atoms with van der Waals surface area (Å²) in [4.78, 5) is 3.33. The van der Waals surface area contributed by atoms with Crippen LogP contribution in [0.4, 0.5) is 0 Å². The Hall–Kier alpha value is -2.66. The number of H-pyrrole nitrogens is 1. The Bertz CT molecular complexity index is 1160. The Morgan fingerprint density at radius 2 is 1.78 bits per heavy atom. The van der Waals surface area contributed by atoms with E-state index in [1.165, 1.54) is 22.0 Å². The van der Waals surface area contributed by atoms with E-state index >= 15 is 0 Å². The van der Waals surface area contributed by atoms with Crippen molar-refractivity contribution in [2.24, 2.45) is 0 Å². The molecule has 0 aliphatic carbocycles. The van der Waals surface area contributed by atoms with Gasteiger partial charge in [-0.3, -0.25) is 0 Å². The minimum atomic E-state index is 0. The second kappa shape index (κ2) is 11.3. The number of benzene rings is 3. The zero-order valence-corrected chi connectivity index (χ0v) is 19.9. The van der Waals surface area contributed by atoms with Crippen LogP contribution in [0.1, 0.15) is 22.3 Å². The lowest BCUT2D eigenvalue weighted by atomic mass is 10.1. The molecule has 1 aromatic heterocycles. The molecule has 2 N–H and O–H groups in total. The summed E-state index contributed by atoms with van der Waals surface area (Å²) in [6.45, 7) is 4.08. The highest BCUT2D eigenvalue weighted by molar-refractivity contribution is 6.32. The molecular weight excluding hydrogens is 443 g/mol. The molecule has 168 valence electrons. The summed E-state index contributed by atoms with van der Waals surface area (Å²) in [6.07, 6.45) is 3.04. The number of aromatic amines is 1. The normalized spacial score (nSPS) is 10.7. The van der Waals surface area contributed by atoms with Gasteiger partial charge in [0.1, 0.15) is 6.61 Å². The van der Waals surface area contributed by atoms with Gasteiger partial charge in [-0.15, -0.1) is 12.4 Å². The Labute approximate surface area is 200 Å². The zero-order chi connectivity index (χ0) is 21.6. The van der Waals surface area contributed by atoms with Crippen molar-refractivity contribution in [3.8, 4) is 11.5 Å². The van der Waals surface area contributed by atoms with Crippen LogP contribution in [0.3, 0.4) is 0 Å². The van der Waals surface area contributed by atoms with Crippen molar-refractivity contribution in [1.29, 1.82) is 0 Å². The lowest BCUT2D eigenvalue weighted by Crippen LogP contribution is -2.16. The number of hydrogen-bond acceptors (Lipinski definition) is 3. The maximum Gasteiger partial charge on any atom is 0.180 e. The van der Waals surface area contributed by atoms with Gasteiger partial charge in [0.25, 0.3) is 0 Å². The summed E-state index contributed by atoms with van der Waals surface area (Å²) in [5, 5.41) is 5.33. The summed E-state index contributed by atoms with van der Waals surface area (Å²) in [6, 6.07) is 20.6. The van der Waals surface area contributed by atoms with Crippen LogP contribution in [-0.4, -0.2) is 18.6 Å². The Balaban J connectivity index is 0.00000289. The molecule has 32 heavy (non-hydrogen) atoms. The Morgan fingerprint density at radius 1 is 1.00 bits per heavy atom. The van der Waals surface area contributed by atoms with Crippen molar-refractivity contribution in [3.63, 3.8) is 0 Å². The van der Waals surface area contributed by atoms with Gasteiger partial charge in [-0.05, 0) is 54.8 Å². The third-order valence-electron chi connectivity index (χ3n) is 5.37. The fraction of sp³-hybridized carbons (Fsp3) is 0.231. The average Bonchev–Trinajstić information content (AvgIpc) is 3.20. The highest BCUT2D eigenvalue weighted by Gasteiger charge is 2.12. The molecule has 0 aliphatic heterocycles. The number of hydrogen-bond donors (Lipinski definition) is 2. The van der Waals surface area contributed by atoms with Gasteiger partial charge in [-0.2, -0.15) is 0 Å². The lowest BCUT2D eigenvalue weighted by molar-refractivity contribution is 0.284. The maximum atomic E-state index is 6.53. The van der Waals surface area contributed by atoms with Crippen molar-refractivity contribution in [2.75, 3.05) is 13.7 Å². The quantitative estimate of drug-likeness (QED) is 0.275. The van der Waals surface area contributed by atoms with Gasteiger partial charge in [0, 0.05) is 23.6 Å². The van der Waals surface area contributed by atoms with Gasteiger partial charge >= 0.3 is 0 Å². The second-order valence-corrected chi connectivity index (χ2v) is 8.08. The molecule has 0 aliphatic rings. The Morgan fingerprint density at radius 3 is 2.56 bits per heavy atom. The second-order valence-electron chi connectivity index (χ2n) is 7.67. The molecule has 0 fully saturated rings. The van der Waals surface area contributed by atoms with Crippen molar-refractivity contribution >= 4 is 34.9 Å². The van der Waals surface area contributed by atoms with Crippen LogP contribution in [-0.2, 0) is 19.6 Å². The summed E-state index contributed by atoms with van der Waals surface area (Å²) in [7, 11) is 1.64. The maximum absolute atomic E-state index is 6.53. The summed E-state index contributed by atoms with van der Waals surface area (Å²) >= 11 is 6.53. The highest BCUT2D eigenvalue weighted by atomic mass is 35.5. The van der Waals surface area contributed by atoms with Crippen LogP contribution in [0.15, 0.2) is 66.9 Å². The van der Waals surface area contributed by atoms with Crippen LogP contribution < -0.4 is 14.8 Å². The lowest BCUT2D eigenvalue weighted by Gasteiger charge is -2.15. The number of nitrogens with one attached hydrogen (secondary N) is 2. The van der Waals surface area contributed by atoms with E-state index in [-0.39, 0.29) is 12.4 Å². The molecule has 0 bridgehead atoms. The molecule has 0 unspecified atom stereocenters. The van der Waals surface area contributed by atoms with Crippen molar-refractivity contribution in [3.05, 3.63) is 94.1 Å². The van der Waals surface area contributed by atoms with E-state index in [1.807, 2.05) is 18.2 Å². The number of fused-ring (bicyclic) bond motifs is 1. The highest BCUT2D eigenvalue weighted by Crippen LogP contribution is 2.37. The van der Waals surface area contributed by atoms with E-state index in [0.717, 1.165) is 24.1 Å². The number of methoxy groups -OCH3 is 1. The zero-order valence-electron chi connectivity index (χ0n) is 18.3. The fourth-order valence-corrected chi connectivity index (χ4v) is 3.94. The summed E-state index contributed by atoms with van der Waals surface area (Å²) in [5.74, 6) is 1.22. The van der Waals surface area contributed by atoms with Crippen LogP contribution in [0.2, 0.25) is 5.02 Å². The largest absolute Gasteiger partial charge is 0.493 e. The average molecular weight is 471 g/mol. The van der Waals surface area contributed by atoms with E-state index in [2.05, 4.69) is 65.9 Å². The summed E-state index contributed by atoms with van der Waals surface area (Å²) < 4.78 is 11.5. The molecule has 0 amide bonds. The van der Waals surface area contributed by atoms with Gasteiger partial charge in [0.15, 0.2) is 11.5 Å². The molecule has 4 rings (SSSR count). The molecule has 4 nitrogen and oxygen atoms in total. The van der Waals surface area contributed by atoms with Gasteiger partial charge in [0.2, 0.25) is 0 Å². The minimum Gasteiger partial charge on any atom is -0.493 e. The third kappa shape index (κ3) is 5.77.